The van der Waals surface area contributed by atoms with Gasteiger partial charge in [0.25, 0.3) is 5.91 Å². The summed E-state index contributed by atoms with van der Waals surface area (Å²) in [7, 11) is -3.60. The van der Waals surface area contributed by atoms with Gasteiger partial charge in [-0.3, -0.25) is 4.79 Å². The molecule has 5 nitrogen and oxygen atoms in total. The van der Waals surface area contributed by atoms with Gasteiger partial charge in [0.1, 0.15) is 5.75 Å². The third kappa shape index (κ3) is 5.97. The van der Waals surface area contributed by atoms with Gasteiger partial charge in [0.05, 0.1) is 5.75 Å². The van der Waals surface area contributed by atoms with E-state index in [1.807, 2.05) is 19.9 Å². The smallest absolute Gasteiger partial charge is 0.308 e. The van der Waals surface area contributed by atoms with Gasteiger partial charge in [0, 0.05) is 23.2 Å². The Kier molecular flexibility index (Phi) is 7.27. The summed E-state index contributed by atoms with van der Waals surface area (Å²) in [6.45, 7) is 5.85. The molecule has 0 aliphatic carbocycles. The van der Waals surface area contributed by atoms with Gasteiger partial charge < -0.3 is 9.08 Å². The minimum absolute atomic E-state index is 0.000399. The lowest BCUT2D eigenvalue weighted by Crippen LogP contribution is -2.37. The van der Waals surface area contributed by atoms with E-state index in [9.17, 15) is 13.2 Å². The second kappa shape index (κ2) is 9.24. The fraction of sp³-hybridized carbons (Fsp3) is 0.350. The summed E-state index contributed by atoms with van der Waals surface area (Å²) in [6, 6.07) is 13.6. The van der Waals surface area contributed by atoms with Gasteiger partial charge in [-0.15, -0.1) is 0 Å². The average molecular weight is 410 g/mol. The maximum Gasteiger partial charge on any atom is 0.308 e. The van der Waals surface area contributed by atoms with Crippen LogP contribution in [0.25, 0.3) is 0 Å². The Labute approximate surface area is 166 Å². The Morgan fingerprint density at radius 3 is 2.48 bits per heavy atom. The molecule has 0 unspecified atom stereocenters. The second-order valence-electron chi connectivity index (χ2n) is 6.28. The van der Waals surface area contributed by atoms with Crippen LogP contribution in [-0.2, 0) is 16.7 Å². The fourth-order valence-electron chi connectivity index (χ4n) is 2.53. The predicted octanol–water partition coefficient (Wildman–Crippen LogP) is 4.51. The van der Waals surface area contributed by atoms with Crippen LogP contribution in [0.5, 0.6) is 5.75 Å². The first-order valence-electron chi connectivity index (χ1n) is 8.83. The van der Waals surface area contributed by atoms with Gasteiger partial charge in [-0.2, -0.15) is 8.42 Å². The van der Waals surface area contributed by atoms with Crippen molar-refractivity contribution in [3.8, 4) is 5.75 Å². The van der Waals surface area contributed by atoms with Gasteiger partial charge in [-0.25, -0.2) is 0 Å². The van der Waals surface area contributed by atoms with E-state index in [1.165, 1.54) is 6.92 Å². The zero-order valence-electron chi connectivity index (χ0n) is 15.7. The normalized spacial score (nSPS) is 12.4. The summed E-state index contributed by atoms with van der Waals surface area (Å²) in [5.41, 5.74) is 1.30. The van der Waals surface area contributed by atoms with E-state index in [-0.39, 0.29) is 23.5 Å². The van der Waals surface area contributed by atoms with Crippen LogP contribution in [0.2, 0.25) is 5.02 Å². The van der Waals surface area contributed by atoms with Gasteiger partial charge >= 0.3 is 10.1 Å². The number of rotatable bonds is 8. The van der Waals surface area contributed by atoms with Crippen molar-refractivity contribution in [1.29, 1.82) is 0 Å². The van der Waals surface area contributed by atoms with Crippen molar-refractivity contribution in [3.63, 3.8) is 0 Å². The van der Waals surface area contributed by atoms with E-state index in [2.05, 4.69) is 0 Å². The highest BCUT2D eigenvalue weighted by atomic mass is 35.5. The molecular weight excluding hydrogens is 386 g/mol. The van der Waals surface area contributed by atoms with Crippen LogP contribution in [0, 0.1) is 0 Å². The largest absolute Gasteiger partial charge is 0.382 e. The molecule has 0 aromatic heterocycles. The van der Waals surface area contributed by atoms with E-state index in [4.69, 9.17) is 15.8 Å². The van der Waals surface area contributed by atoms with E-state index in [0.717, 1.165) is 12.0 Å². The summed E-state index contributed by atoms with van der Waals surface area (Å²) >= 11 is 6.02. The van der Waals surface area contributed by atoms with E-state index >= 15 is 0 Å². The van der Waals surface area contributed by atoms with Gasteiger partial charge in [0.15, 0.2) is 0 Å². The van der Waals surface area contributed by atoms with Crippen LogP contribution in [0.3, 0.4) is 0 Å². The molecule has 0 fully saturated rings. The maximum atomic E-state index is 13.0. The molecule has 0 heterocycles. The molecule has 0 N–H and O–H groups in total. The van der Waals surface area contributed by atoms with Crippen molar-refractivity contribution >= 4 is 27.6 Å². The molecule has 0 aliphatic heterocycles. The number of amides is 1. The second-order valence-corrected chi connectivity index (χ2v) is 8.57. The molecule has 7 heteroatoms. The SMILES string of the molecule is CC[C@@H](C)N(Cc1cccc(OS(=O)(=O)CC)c1)C(=O)c1cccc(Cl)c1. The van der Waals surface area contributed by atoms with E-state index < -0.39 is 10.1 Å². The monoisotopic (exact) mass is 409 g/mol. The molecule has 146 valence electrons. The number of halogens is 1. The summed E-state index contributed by atoms with van der Waals surface area (Å²) in [5, 5.41) is 0.505. The summed E-state index contributed by atoms with van der Waals surface area (Å²) in [5.74, 6) is 0.0109. The van der Waals surface area contributed by atoms with E-state index in [0.29, 0.717) is 17.1 Å². The number of nitrogens with zero attached hydrogens (tertiary/aromatic N) is 1. The van der Waals surface area contributed by atoms with Crippen LogP contribution >= 0.6 is 11.6 Å². The standard InChI is InChI=1S/C20H24ClNO4S/c1-4-15(3)22(20(23)17-9-7-10-18(21)13-17)14-16-8-6-11-19(12-16)26-27(24,25)5-2/h6-13,15H,4-5,14H2,1-3H3/t15-/m1/s1. The minimum atomic E-state index is -3.60. The molecule has 2 aromatic carbocycles. The Balaban J connectivity index is 2.28. The molecule has 0 spiro atoms. The molecule has 1 atom stereocenters. The van der Waals surface area contributed by atoms with Crippen molar-refractivity contribution in [3.05, 3.63) is 64.7 Å². The Morgan fingerprint density at radius 2 is 1.85 bits per heavy atom. The van der Waals surface area contributed by atoms with Crippen molar-refractivity contribution in [1.82, 2.24) is 4.90 Å². The van der Waals surface area contributed by atoms with E-state index in [1.54, 1.807) is 47.4 Å². The van der Waals surface area contributed by atoms with Gasteiger partial charge in [0.2, 0.25) is 0 Å². The van der Waals surface area contributed by atoms with Crippen LogP contribution in [-0.4, -0.2) is 31.0 Å². The Hall–Kier alpha value is -2.05. The third-order valence-electron chi connectivity index (χ3n) is 4.28. The molecule has 2 rings (SSSR count). The first kappa shape index (κ1) is 21.3. The van der Waals surface area contributed by atoms with Crippen LogP contribution in [0.1, 0.15) is 43.1 Å². The number of carbonyl (C=O) groups is 1. The van der Waals surface area contributed by atoms with Crippen molar-refractivity contribution in [2.24, 2.45) is 0 Å². The topological polar surface area (TPSA) is 63.7 Å². The predicted molar refractivity (Wildman–Crippen MR) is 108 cm³/mol. The number of hydrogen-bond donors (Lipinski definition) is 0. The molecular formula is C20H24ClNO4S. The van der Waals surface area contributed by atoms with Gasteiger partial charge in [-0.05, 0) is 56.2 Å². The first-order valence-corrected chi connectivity index (χ1v) is 10.8. The highest BCUT2D eigenvalue weighted by molar-refractivity contribution is 7.87. The lowest BCUT2D eigenvalue weighted by atomic mass is 10.1. The highest BCUT2D eigenvalue weighted by Crippen LogP contribution is 2.21. The average Bonchev–Trinajstić information content (AvgIpc) is 2.65. The molecule has 2 aromatic rings. The molecule has 0 saturated heterocycles. The fourth-order valence-corrected chi connectivity index (χ4v) is 3.24. The lowest BCUT2D eigenvalue weighted by Gasteiger charge is -2.29. The summed E-state index contributed by atoms with van der Waals surface area (Å²) in [4.78, 5) is 14.8. The van der Waals surface area contributed by atoms with Crippen molar-refractivity contribution in [2.45, 2.75) is 39.8 Å². The molecule has 0 radical (unpaired) electrons. The number of benzene rings is 2. The summed E-state index contributed by atoms with van der Waals surface area (Å²) < 4.78 is 28.4. The molecule has 27 heavy (non-hydrogen) atoms. The maximum absolute atomic E-state index is 13.0. The molecule has 0 aliphatic rings. The first-order chi connectivity index (χ1) is 12.8. The Bertz CT molecular complexity index is 898. The number of hydrogen-bond acceptors (Lipinski definition) is 4. The molecule has 0 saturated carbocycles. The Morgan fingerprint density at radius 1 is 1.15 bits per heavy atom. The van der Waals surface area contributed by atoms with Gasteiger partial charge in [-0.1, -0.05) is 36.7 Å². The van der Waals surface area contributed by atoms with Crippen LogP contribution in [0.15, 0.2) is 48.5 Å². The molecule has 0 bridgehead atoms. The zero-order chi connectivity index (χ0) is 20.0. The summed E-state index contributed by atoms with van der Waals surface area (Å²) in [6.07, 6.45) is 0.784. The molecule has 1 amide bonds. The van der Waals surface area contributed by atoms with Crippen molar-refractivity contribution < 1.29 is 17.4 Å². The third-order valence-corrected chi connectivity index (χ3v) is 5.67. The van der Waals surface area contributed by atoms with Crippen LogP contribution < -0.4 is 4.18 Å². The highest BCUT2D eigenvalue weighted by Gasteiger charge is 2.21. The zero-order valence-corrected chi connectivity index (χ0v) is 17.3. The van der Waals surface area contributed by atoms with Crippen molar-refractivity contribution in [2.75, 3.05) is 5.75 Å². The minimum Gasteiger partial charge on any atom is -0.382 e. The number of carbonyl (C=O) groups excluding carboxylic acids is 1. The van der Waals surface area contributed by atoms with Crippen LogP contribution in [0.4, 0.5) is 0 Å². The lowest BCUT2D eigenvalue weighted by molar-refractivity contribution is 0.0671. The quantitative estimate of drug-likeness (QED) is 0.602.